The summed E-state index contributed by atoms with van der Waals surface area (Å²) in [7, 11) is 0. The topological polar surface area (TPSA) is 97.3 Å². The highest BCUT2D eigenvalue weighted by atomic mass is 35.5. The normalized spacial score (nSPS) is 17.0. The van der Waals surface area contributed by atoms with Gasteiger partial charge in [-0.05, 0) is 24.3 Å². The summed E-state index contributed by atoms with van der Waals surface area (Å²) in [5.74, 6) is -2.12. The summed E-state index contributed by atoms with van der Waals surface area (Å²) in [6.45, 7) is -0.169. The number of halogens is 2. The highest BCUT2D eigenvalue weighted by molar-refractivity contribution is 6.31. The number of hydrogen-bond donors (Lipinski definition) is 3. The lowest BCUT2D eigenvalue weighted by Crippen LogP contribution is -2.40. The minimum absolute atomic E-state index is 0.0973. The van der Waals surface area contributed by atoms with Gasteiger partial charge in [0.2, 0.25) is 5.91 Å². The minimum atomic E-state index is -1.20. The lowest BCUT2D eigenvalue weighted by atomic mass is 10.0. The number of anilines is 1. The fourth-order valence-corrected chi connectivity index (χ4v) is 2.86. The molecule has 0 bridgehead atoms. The van der Waals surface area contributed by atoms with E-state index in [0.717, 1.165) is 0 Å². The third kappa shape index (κ3) is 2.19. The predicted octanol–water partition coefficient (Wildman–Crippen LogP) is 1.78. The molecule has 4 N–H and O–H groups in total. The van der Waals surface area contributed by atoms with E-state index in [0.29, 0.717) is 11.3 Å². The molecule has 0 aliphatic carbocycles. The summed E-state index contributed by atoms with van der Waals surface area (Å²) < 4.78 is 14.8. The Morgan fingerprint density at radius 3 is 2.86 bits per heavy atom. The number of carboxylic acids is 1. The van der Waals surface area contributed by atoms with Crippen molar-refractivity contribution in [1.82, 2.24) is 9.88 Å². The number of hydrogen-bond acceptors (Lipinski definition) is 3. The van der Waals surface area contributed by atoms with Crippen LogP contribution in [0.4, 0.5) is 10.1 Å². The summed E-state index contributed by atoms with van der Waals surface area (Å²) in [4.78, 5) is 23.2. The van der Waals surface area contributed by atoms with Gasteiger partial charge in [0.1, 0.15) is 18.1 Å². The molecule has 1 aliphatic rings. The van der Waals surface area contributed by atoms with Crippen LogP contribution in [-0.2, 0) is 11.3 Å². The largest absolute Gasteiger partial charge is 0.477 e. The van der Waals surface area contributed by atoms with Crippen LogP contribution < -0.4 is 11.1 Å². The van der Waals surface area contributed by atoms with Crippen LogP contribution in [0.15, 0.2) is 24.3 Å². The Bertz CT molecular complexity index is 803. The number of fused-ring (bicyclic) bond motifs is 1. The van der Waals surface area contributed by atoms with Crippen molar-refractivity contribution in [3.63, 3.8) is 0 Å². The number of amides is 1. The van der Waals surface area contributed by atoms with Crippen LogP contribution in [0.2, 0.25) is 5.02 Å². The molecule has 6 nitrogen and oxygen atoms in total. The molecule has 1 aromatic heterocycles. The van der Waals surface area contributed by atoms with Gasteiger partial charge < -0.3 is 20.7 Å². The molecule has 1 amide bonds. The number of aromatic carboxylic acids is 1. The zero-order valence-electron chi connectivity index (χ0n) is 11.1. The van der Waals surface area contributed by atoms with Crippen molar-refractivity contribution in [2.75, 3.05) is 5.73 Å². The molecule has 0 spiro atoms. The van der Waals surface area contributed by atoms with E-state index in [2.05, 4.69) is 5.32 Å². The van der Waals surface area contributed by atoms with Crippen LogP contribution in [0, 0.1) is 5.82 Å². The average Bonchev–Trinajstić information content (AvgIpc) is 2.78. The molecule has 0 saturated carbocycles. The molecule has 2 aromatic rings. The Morgan fingerprint density at radius 2 is 2.18 bits per heavy atom. The second-order valence-electron chi connectivity index (χ2n) is 4.93. The first-order chi connectivity index (χ1) is 10.4. The second-order valence-corrected chi connectivity index (χ2v) is 5.34. The van der Waals surface area contributed by atoms with Gasteiger partial charge in [0.15, 0.2) is 0 Å². The van der Waals surface area contributed by atoms with Gasteiger partial charge in [-0.25, -0.2) is 9.18 Å². The Hall–Kier alpha value is -2.54. The van der Waals surface area contributed by atoms with E-state index >= 15 is 0 Å². The maximum absolute atomic E-state index is 13.5. The number of nitrogen functional groups attached to an aromatic ring is 1. The number of carbonyl (C=O) groups excluding carboxylic acids is 1. The average molecular weight is 324 g/mol. The highest BCUT2D eigenvalue weighted by Gasteiger charge is 2.33. The van der Waals surface area contributed by atoms with Crippen molar-refractivity contribution in [3.8, 4) is 0 Å². The van der Waals surface area contributed by atoms with E-state index in [1.54, 1.807) is 0 Å². The van der Waals surface area contributed by atoms with Crippen molar-refractivity contribution in [3.05, 3.63) is 52.1 Å². The Balaban J connectivity index is 2.22. The molecule has 8 heteroatoms. The number of benzene rings is 1. The quantitative estimate of drug-likeness (QED) is 0.784. The van der Waals surface area contributed by atoms with E-state index in [1.807, 2.05) is 0 Å². The van der Waals surface area contributed by atoms with Gasteiger partial charge in [0.05, 0.1) is 17.4 Å². The number of nitrogens with one attached hydrogen (secondary N) is 1. The first kappa shape index (κ1) is 14.4. The van der Waals surface area contributed by atoms with Crippen molar-refractivity contribution < 1.29 is 19.1 Å². The maximum Gasteiger partial charge on any atom is 0.352 e. The zero-order valence-corrected chi connectivity index (χ0v) is 11.9. The number of nitrogens with zero attached hydrogens (tertiary/aromatic N) is 1. The summed E-state index contributed by atoms with van der Waals surface area (Å²) in [5, 5.41) is 12.1. The molecule has 22 heavy (non-hydrogen) atoms. The van der Waals surface area contributed by atoms with Gasteiger partial charge in [-0.15, -0.1) is 0 Å². The molecule has 0 radical (unpaired) electrons. The molecule has 3 rings (SSSR count). The Labute approximate surface area is 129 Å². The monoisotopic (exact) mass is 323 g/mol. The SMILES string of the molecule is Nc1cc(C(=O)O)n2c1C(c1cc(F)ccc1Cl)NC(=O)C2. The van der Waals surface area contributed by atoms with Crippen LogP contribution in [0.3, 0.4) is 0 Å². The fraction of sp³-hybridized carbons (Fsp3) is 0.143. The molecule has 2 heterocycles. The summed E-state index contributed by atoms with van der Waals surface area (Å²) >= 11 is 6.08. The lowest BCUT2D eigenvalue weighted by Gasteiger charge is -2.28. The Kier molecular flexibility index (Phi) is 3.29. The van der Waals surface area contributed by atoms with Gasteiger partial charge in [0.25, 0.3) is 0 Å². The van der Waals surface area contributed by atoms with Crippen LogP contribution in [0.5, 0.6) is 0 Å². The van der Waals surface area contributed by atoms with E-state index < -0.39 is 23.7 Å². The van der Waals surface area contributed by atoms with Crippen molar-refractivity contribution in [2.45, 2.75) is 12.6 Å². The molecular formula is C14H11ClFN3O3. The summed E-state index contributed by atoms with van der Waals surface area (Å²) in [6.07, 6.45) is 0. The highest BCUT2D eigenvalue weighted by Crippen LogP contribution is 2.35. The Morgan fingerprint density at radius 1 is 1.45 bits per heavy atom. The standard InChI is InChI=1S/C14H11ClFN3O3/c15-8-2-1-6(16)3-7(8)12-13-9(17)4-10(14(21)22)19(13)5-11(20)18-12/h1-4,12H,5,17H2,(H,18,20)(H,21,22). The second kappa shape index (κ2) is 5.03. The first-order valence-electron chi connectivity index (χ1n) is 6.35. The van der Waals surface area contributed by atoms with Gasteiger partial charge in [0, 0.05) is 10.6 Å². The molecule has 0 fully saturated rings. The fourth-order valence-electron chi connectivity index (χ4n) is 2.63. The van der Waals surface area contributed by atoms with Crippen LogP contribution in [-0.4, -0.2) is 21.6 Å². The van der Waals surface area contributed by atoms with Crippen molar-refractivity contribution in [2.24, 2.45) is 0 Å². The van der Waals surface area contributed by atoms with E-state index in [1.165, 1.54) is 28.8 Å². The van der Waals surface area contributed by atoms with Gasteiger partial charge in [-0.1, -0.05) is 11.6 Å². The summed E-state index contributed by atoms with van der Waals surface area (Å²) in [6, 6.07) is 4.22. The molecule has 1 unspecified atom stereocenters. The lowest BCUT2D eigenvalue weighted by molar-refractivity contribution is -0.123. The number of nitrogens with two attached hydrogens (primary N) is 1. The third-order valence-electron chi connectivity index (χ3n) is 3.54. The van der Waals surface area contributed by atoms with Crippen LogP contribution in [0.1, 0.15) is 27.8 Å². The van der Waals surface area contributed by atoms with Crippen molar-refractivity contribution in [1.29, 1.82) is 0 Å². The number of carboxylic acid groups (broad SMARTS) is 1. The number of aromatic nitrogens is 1. The molecule has 1 aliphatic heterocycles. The molecule has 0 saturated heterocycles. The molecular weight excluding hydrogens is 313 g/mol. The van der Waals surface area contributed by atoms with Crippen LogP contribution in [0.25, 0.3) is 0 Å². The van der Waals surface area contributed by atoms with Gasteiger partial charge in [-0.3, -0.25) is 4.79 Å². The van der Waals surface area contributed by atoms with Gasteiger partial charge in [-0.2, -0.15) is 0 Å². The maximum atomic E-state index is 13.5. The molecule has 1 atom stereocenters. The summed E-state index contributed by atoms with van der Waals surface area (Å²) in [5.41, 5.74) is 6.69. The number of rotatable bonds is 2. The zero-order chi connectivity index (χ0) is 16.0. The van der Waals surface area contributed by atoms with Crippen molar-refractivity contribution >= 4 is 29.2 Å². The van der Waals surface area contributed by atoms with Crippen LogP contribution >= 0.6 is 11.6 Å². The molecule has 1 aromatic carbocycles. The molecule has 114 valence electrons. The smallest absolute Gasteiger partial charge is 0.352 e. The number of carbonyl (C=O) groups is 2. The predicted molar refractivity (Wildman–Crippen MR) is 77.2 cm³/mol. The minimum Gasteiger partial charge on any atom is -0.477 e. The van der Waals surface area contributed by atoms with E-state index in [4.69, 9.17) is 17.3 Å². The first-order valence-corrected chi connectivity index (χ1v) is 6.72. The third-order valence-corrected chi connectivity index (χ3v) is 3.88. The van der Waals surface area contributed by atoms with Gasteiger partial charge >= 0.3 is 5.97 Å². The van der Waals surface area contributed by atoms with E-state index in [-0.39, 0.29) is 22.9 Å². The van der Waals surface area contributed by atoms with E-state index in [9.17, 15) is 19.1 Å².